The number of hydrogen-bond acceptors (Lipinski definition) is 3. The molecule has 1 aromatic carbocycles. The molecule has 1 aromatic heterocycles. The number of aliphatic hydroxyl groups is 1. The maximum Gasteiger partial charge on any atom is 0.287 e. The second-order valence-electron chi connectivity index (χ2n) is 5.71. The van der Waals surface area contributed by atoms with Gasteiger partial charge in [0.25, 0.3) is 5.91 Å². The normalized spacial score (nSPS) is 22.4. The molecule has 1 aliphatic rings. The van der Waals surface area contributed by atoms with Gasteiger partial charge in [-0.2, -0.15) is 0 Å². The maximum absolute atomic E-state index is 12.3. The number of carbonyl (C=O) groups excluding carboxylic acids is 1. The SMILES string of the molecule is Cc1cc(Br)c2oc(C(=O)N[C@@H]3CCCC[C@@H]3O)cc2c1. The minimum atomic E-state index is -0.457. The average Bonchev–Trinajstić information content (AvgIpc) is 2.85. The highest BCUT2D eigenvalue weighted by Crippen LogP contribution is 2.29. The minimum Gasteiger partial charge on any atom is -0.450 e. The summed E-state index contributed by atoms with van der Waals surface area (Å²) in [6.07, 6.45) is 3.16. The van der Waals surface area contributed by atoms with Crippen molar-refractivity contribution < 1.29 is 14.3 Å². The summed E-state index contributed by atoms with van der Waals surface area (Å²) in [4.78, 5) is 12.3. The number of hydrogen-bond donors (Lipinski definition) is 2. The Kier molecular flexibility index (Phi) is 4.04. The molecular formula is C16H18BrNO3. The summed E-state index contributed by atoms with van der Waals surface area (Å²) in [5, 5.41) is 13.7. The van der Waals surface area contributed by atoms with Gasteiger partial charge in [-0.05, 0) is 59.5 Å². The summed E-state index contributed by atoms with van der Waals surface area (Å²) >= 11 is 3.45. The van der Waals surface area contributed by atoms with E-state index in [0.29, 0.717) is 5.58 Å². The van der Waals surface area contributed by atoms with Crippen molar-refractivity contribution in [1.82, 2.24) is 5.32 Å². The Morgan fingerprint density at radius 3 is 2.86 bits per heavy atom. The largest absolute Gasteiger partial charge is 0.450 e. The summed E-state index contributed by atoms with van der Waals surface area (Å²) in [5.74, 6) is 0.0239. The van der Waals surface area contributed by atoms with Gasteiger partial charge >= 0.3 is 0 Å². The molecule has 2 atom stereocenters. The molecule has 2 N–H and O–H groups in total. The molecule has 0 bridgehead atoms. The molecule has 1 aliphatic carbocycles. The van der Waals surface area contributed by atoms with Crippen LogP contribution in [0.5, 0.6) is 0 Å². The van der Waals surface area contributed by atoms with E-state index in [4.69, 9.17) is 4.42 Å². The molecule has 0 spiro atoms. The van der Waals surface area contributed by atoms with E-state index in [1.54, 1.807) is 6.07 Å². The van der Waals surface area contributed by atoms with Gasteiger partial charge in [-0.25, -0.2) is 0 Å². The quantitative estimate of drug-likeness (QED) is 0.869. The van der Waals surface area contributed by atoms with Crippen LogP contribution in [-0.2, 0) is 0 Å². The van der Waals surface area contributed by atoms with Crippen LogP contribution >= 0.6 is 15.9 Å². The molecule has 1 amide bonds. The lowest BCUT2D eigenvalue weighted by Gasteiger charge is -2.27. The molecule has 0 saturated heterocycles. The van der Waals surface area contributed by atoms with Crippen molar-refractivity contribution >= 4 is 32.8 Å². The fraction of sp³-hybridized carbons (Fsp3) is 0.438. The molecule has 5 heteroatoms. The van der Waals surface area contributed by atoms with E-state index in [-0.39, 0.29) is 17.7 Å². The monoisotopic (exact) mass is 351 g/mol. The van der Waals surface area contributed by atoms with Crippen molar-refractivity contribution in [3.63, 3.8) is 0 Å². The third-order valence-corrected chi connectivity index (χ3v) is 4.57. The first-order valence-corrected chi connectivity index (χ1v) is 8.02. The molecule has 2 aromatic rings. The van der Waals surface area contributed by atoms with E-state index in [2.05, 4.69) is 21.2 Å². The van der Waals surface area contributed by atoms with E-state index >= 15 is 0 Å². The predicted octanol–water partition coefficient (Wildman–Crippen LogP) is 3.54. The van der Waals surface area contributed by atoms with Gasteiger partial charge in [-0.3, -0.25) is 4.79 Å². The lowest BCUT2D eigenvalue weighted by atomic mass is 9.92. The number of amides is 1. The Bertz CT molecular complexity index is 679. The number of furan rings is 1. The van der Waals surface area contributed by atoms with Crippen molar-refractivity contribution in [1.29, 1.82) is 0 Å². The Balaban J connectivity index is 1.83. The topological polar surface area (TPSA) is 62.5 Å². The predicted molar refractivity (Wildman–Crippen MR) is 84.4 cm³/mol. The third kappa shape index (κ3) is 2.99. The Morgan fingerprint density at radius 1 is 1.33 bits per heavy atom. The number of benzene rings is 1. The molecule has 21 heavy (non-hydrogen) atoms. The highest BCUT2D eigenvalue weighted by atomic mass is 79.9. The van der Waals surface area contributed by atoms with Crippen LogP contribution in [0.25, 0.3) is 11.0 Å². The molecule has 0 radical (unpaired) electrons. The van der Waals surface area contributed by atoms with Crippen LogP contribution in [-0.4, -0.2) is 23.2 Å². The van der Waals surface area contributed by atoms with E-state index in [9.17, 15) is 9.90 Å². The first-order valence-electron chi connectivity index (χ1n) is 7.23. The zero-order chi connectivity index (χ0) is 15.0. The molecule has 3 rings (SSSR count). The fourth-order valence-corrected chi connectivity index (χ4v) is 3.55. The zero-order valence-electron chi connectivity index (χ0n) is 11.9. The van der Waals surface area contributed by atoms with Crippen LogP contribution in [0.15, 0.2) is 27.1 Å². The molecule has 112 valence electrons. The molecular weight excluding hydrogens is 334 g/mol. The van der Waals surface area contributed by atoms with Crippen LogP contribution in [0, 0.1) is 6.92 Å². The summed E-state index contributed by atoms with van der Waals surface area (Å²) in [6.45, 7) is 2.00. The summed E-state index contributed by atoms with van der Waals surface area (Å²) in [7, 11) is 0. The summed E-state index contributed by atoms with van der Waals surface area (Å²) in [6, 6.07) is 5.51. The lowest BCUT2D eigenvalue weighted by molar-refractivity contribution is 0.0699. The van der Waals surface area contributed by atoms with Gasteiger partial charge < -0.3 is 14.8 Å². The van der Waals surface area contributed by atoms with Gasteiger partial charge in [-0.15, -0.1) is 0 Å². The number of rotatable bonds is 2. The fourth-order valence-electron chi connectivity index (χ4n) is 2.88. The van der Waals surface area contributed by atoms with Gasteiger partial charge in [0.15, 0.2) is 5.76 Å². The van der Waals surface area contributed by atoms with E-state index < -0.39 is 6.10 Å². The number of halogens is 1. The van der Waals surface area contributed by atoms with Gasteiger partial charge in [0.1, 0.15) is 5.58 Å². The number of aliphatic hydroxyl groups excluding tert-OH is 1. The second kappa shape index (κ2) is 5.81. The average molecular weight is 352 g/mol. The van der Waals surface area contributed by atoms with Crippen LogP contribution < -0.4 is 5.32 Å². The van der Waals surface area contributed by atoms with Crippen LogP contribution in [0.2, 0.25) is 0 Å². The number of nitrogens with one attached hydrogen (secondary N) is 1. The highest BCUT2D eigenvalue weighted by Gasteiger charge is 2.26. The number of aryl methyl sites for hydroxylation is 1. The molecule has 1 fully saturated rings. The first-order chi connectivity index (χ1) is 10.0. The first kappa shape index (κ1) is 14.6. The second-order valence-corrected chi connectivity index (χ2v) is 6.56. The third-order valence-electron chi connectivity index (χ3n) is 3.99. The van der Waals surface area contributed by atoms with Gasteiger partial charge in [0.2, 0.25) is 0 Å². The molecule has 4 nitrogen and oxygen atoms in total. The van der Waals surface area contributed by atoms with Crippen molar-refractivity contribution in [3.05, 3.63) is 34.0 Å². The zero-order valence-corrected chi connectivity index (χ0v) is 13.4. The van der Waals surface area contributed by atoms with E-state index in [0.717, 1.165) is 41.1 Å². The Labute approximate surface area is 131 Å². The van der Waals surface area contributed by atoms with Gasteiger partial charge in [0.05, 0.1) is 16.6 Å². The van der Waals surface area contributed by atoms with Crippen molar-refractivity contribution in [2.45, 2.75) is 44.8 Å². The Morgan fingerprint density at radius 2 is 2.10 bits per heavy atom. The van der Waals surface area contributed by atoms with Crippen molar-refractivity contribution in [2.24, 2.45) is 0 Å². The number of carbonyl (C=O) groups is 1. The maximum atomic E-state index is 12.3. The lowest BCUT2D eigenvalue weighted by Crippen LogP contribution is -2.44. The van der Waals surface area contributed by atoms with E-state index in [1.165, 1.54) is 0 Å². The van der Waals surface area contributed by atoms with Crippen molar-refractivity contribution in [2.75, 3.05) is 0 Å². The van der Waals surface area contributed by atoms with Crippen LogP contribution in [0.1, 0.15) is 41.8 Å². The van der Waals surface area contributed by atoms with Gasteiger partial charge in [0, 0.05) is 5.39 Å². The standard InChI is InChI=1S/C16H18BrNO3/c1-9-6-10-8-14(21-15(10)11(17)7-9)16(20)18-12-4-2-3-5-13(12)19/h6-8,12-13,19H,2-5H2,1H3,(H,18,20)/t12-,13+/m1/s1. The molecule has 0 aliphatic heterocycles. The molecule has 0 unspecified atom stereocenters. The minimum absolute atomic E-state index is 0.176. The van der Waals surface area contributed by atoms with Crippen LogP contribution in [0.3, 0.4) is 0 Å². The van der Waals surface area contributed by atoms with Gasteiger partial charge in [-0.1, -0.05) is 12.8 Å². The molecule has 1 saturated carbocycles. The smallest absolute Gasteiger partial charge is 0.287 e. The number of fused-ring (bicyclic) bond motifs is 1. The van der Waals surface area contributed by atoms with Crippen LogP contribution in [0.4, 0.5) is 0 Å². The summed E-state index contributed by atoms with van der Waals surface area (Å²) in [5.41, 5.74) is 1.78. The summed E-state index contributed by atoms with van der Waals surface area (Å²) < 4.78 is 6.49. The highest BCUT2D eigenvalue weighted by molar-refractivity contribution is 9.10. The van der Waals surface area contributed by atoms with Crippen molar-refractivity contribution in [3.8, 4) is 0 Å². The molecule has 1 heterocycles. The Hall–Kier alpha value is -1.33. The van der Waals surface area contributed by atoms with E-state index in [1.807, 2.05) is 19.1 Å².